The fraction of sp³-hybridized carbons (Fsp3) is 1.00. The van der Waals surface area contributed by atoms with Crippen LogP contribution in [0, 0.1) is 10.8 Å². The lowest BCUT2D eigenvalue weighted by Crippen LogP contribution is -2.41. The lowest BCUT2D eigenvalue weighted by atomic mass is 9.52. The summed E-state index contributed by atoms with van der Waals surface area (Å²) >= 11 is 0. The number of rotatable bonds is 2. The zero-order chi connectivity index (χ0) is 11.8. The zero-order valence-corrected chi connectivity index (χ0v) is 11.8. The van der Waals surface area contributed by atoms with E-state index in [0.29, 0.717) is 5.41 Å². The molecule has 0 saturated heterocycles. The second kappa shape index (κ2) is 7.31. The van der Waals surface area contributed by atoms with Gasteiger partial charge in [0.05, 0.1) is 0 Å². The van der Waals surface area contributed by atoms with Gasteiger partial charge in [0.15, 0.2) is 0 Å². The van der Waals surface area contributed by atoms with Crippen molar-refractivity contribution in [2.45, 2.75) is 81.1 Å². The number of hydrogen-bond acceptors (Lipinski definition) is 0. The van der Waals surface area contributed by atoms with Crippen molar-refractivity contribution in [2.75, 3.05) is 0 Å². The first-order valence-electron chi connectivity index (χ1n) is 6.54. The third kappa shape index (κ3) is 4.48. The minimum atomic E-state index is 0.659. The molecule has 0 bridgehead atoms. The molecule has 0 aliphatic heterocycles. The van der Waals surface area contributed by atoms with Crippen LogP contribution in [0.15, 0.2) is 0 Å². The van der Waals surface area contributed by atoms with Gasteiger partial charge in [-0.05, 0) is 23.7 Å². The highest BCUT2D eigenvalue weighted by atomic mass is 14.5. The van der Waals surface area contributed by atoms with Crippen LogP contribution in [0.4, 0.5) is 0 Å². The van der Waals surface area contributed by atoms with Crippen LogP contribution in [0.2, 0.25) is 0 Å². The molecule has 1 aliphatic rings. The molecule has 0 amide bonds. The Morgan fingerprint density at radius 2 is 1.07 bits per heavy atom. The van der Waals surface area contributed by atoms with Gasteiger partial charge in [-0.1, -0.05) is 68.2 Å². The van der Waals surface area contributed by atoms with E-state index in [1.54, 1.807) is 0 Å². The lowest BCUT2D eigenvalue weighted by Gasteiger charge is -2.53. The van der Waals surface area contributed by atoms with E-state index in [1.165, 1.54) is 25.7 Å². The third-order valence-electron chi connectivity index (χ3n) is 3.21. The Hall–Kier alpha value is 0. The van der Waals surface area contributed by atoms with E-state index in [2.05, 4.69) is 27.7 Å². The Bertz CT molecular complexity index is 108. The van der Waals surface area contributed by atoms with Crippen LogP contribution >= 0.6 is 0 Å². The molecule has 0 unspecified atom stereocenters. The maximum atomic E-state index is 2.39. The Labute approximate surface area is 92.5 Å². The van der Waals surface area contributed by atoms with Gasteiger partial charge in [-0.2, -0.15) is 0 Å². The predicted octanol–water partition coefficient (Wildman–Crippen LogP) is 5.67. The van der Waals surface area contributed by atoms with Crippen LogP contribution in [0.25, 0.3) is 0 Å². The van der Waals surface area contributed by atoms with Crippen LogP contribution in [0.3, 0.4) is 0 Å². The van der Waals surface area contributed by atoms with Crippen molar-refractivity contribution < 1.29 is 0 Å². The Kier molecular flexibility index (Phi) is 8.58. The highest BCUT2D eigenvalue weighted by molar-refractivity contribution is 4.96. The summed E-state index contributed by atoms with van der Waals surface area (Å²) in [5, 5.41) is 0. The van der Waals surface area contributed by atoms with E-state index in [4.69, 9.17) is 0 Å². The molecule has 1 saturated carbocycles. The van der Waals surface area contributed by atoms with Gasteiger partial charge in [-0.15, -0.1) is 0 Å². The maximum Gasteiger partial charge on any atom is -0.0293 e. The molecule has 0 heteroatoms. The summed E-state index contributed by atoms with van der Waals surface area (Å²) in [5.74, 6) is 0. The second-order valence-corrected chi connectivity index (χ2v) is 4.72. The first kappa shape index (κ1) is 16.4. The summed E-state index contributed by atoms with van der Waals surface area (Å²) < 4.78 is 0. The van der Waals surface area contributed by atoms with E-state index in [9.17, 15) is 0 Å². The molecular formula is C14H32. The summed E-state index contributed by atoms with van der Waals surface area (Å²) in [4.78, 5) is 0. The van der Waals surface area contributed by atoms with Crippen LogP contribution in [0.1, 0.15) is 81.1 Å². The molecule has 1 rings (SSSR count). The van der Waals surface area contributed by atoms with Gasteiger partial charge in [-0.25, -0.2) is 0 Å². The average molecular weight is 200 g/mol. The summed E-state index contributed by atoms with van der Waals surface area (Å²) in [6, 6.07) is 0. The molecule has 0 atom stereocenters. The van der Waals surface area contributed by atoms with Gasteiger partial charge in [0.1, 0.15) is 0 Å². The van der Waals surface area contributed by atoms with Gasteiger partial charge >= 0.3 is 0 Å². The lowest BCUT2D eigenvalue weighted by molar-refractivity contribution is -0.0195. The van der Waals surface area contributed by atoms with E-state index in [-0.39, 0.29) is 0 Å². The van der Waals surface area contributed by atoms with E-state index >= 15 is 0 Å². The summed E-state index contributed by atoms with van der Waals surface area (Å²) in [5.41, 5.74) is 1.40. The molecule has 0 aromatic rings. The van der Waals surface area contributed by atoms with Gasteiger partial charge in [0, 0.05) is 0 Å². The van der Waals surface area contributed by atoms with E-state index in [0.717, 1.165) is 5.41 Å². The fourth-order valence-electron chi connectivity index (χ4n) is 2.73. The minimum Gasteiger partial charge on any atom is -0.0683 e. The second-order valence-electron chi connectivity index (χ2n) is 4.72. The average Bonchev–Trinajstić information content (AvgIpc) is 2.19. The van der Waals surface area contributed by atoms with Gasteiger partial charge in [0.25, 0.3) is 0 Å². The smallest absolute Gasteiger partial charge is 0.0293 e. The van der Waals surface area contributed by atoms with E-state index in [1.807, 2.05) is 27.7 Å². The first-order chi connectivity index (χ1) is 6.54. The van der Waals surface area contributed by atoms with Crippen LogP contribution in [-0.4, -0.2) is 0 Å². The van der Waals surface area contributed by atoms with Gasteiger partial charge in [-0.3, -0.25) is 0 Å². The molecule has 1 fully saturated rings. The Balaban J connectivity index is 0. The molecule has 1 aliphatic carbocycles. The largest absolute Gasteiger partial charge is 0.0683 e. The highest BCUT2D eigenvalue weighted by Gasteiger charge is 2.45. The molecule has 88 valence electrons. The highest BCUT2D eigenvalue weighted by Crippen LogP contribution is 2.57. The third-order valence-corrected chi connectivity index (χ3v) is 3.21. The van der Waals surface area contributed by atoms with Crippen LogP contribution < -0.4 is 0 Å². The molecule has 0 spiro atoms. The molecule has 0 aromatic carbocycles. The summed E-state index contributed by atoms with van der Waals surface area (Å²) in [6.07, 6.45) is 5.67. The SMILES string of the molecule is CC.CC.CCC1(CC)CC(C)(C)C1. The van der Waals surface area contributed by atoms with Gasteiger partial charge in [0.2, 0.25) is 0 Å². The quantitative estimate of drug-likeness (QED) is 0.539. The number of hydrogen-bond donors (Lipinski definition) is 0. The molecule has 0 radical (unpaired) electrons. The molecule has 0 nitrogen and oxygen atoms in total. The minimum absolute atomic E-state index is 0.659. The van der Waals surface area contributed by atoms with Crippen molar-refractivity contribution in [3.8, 4) is 0 Å². The first-order valence-corrected chi connectivity index (χ1v) is 6.54. The molecule has 0 heterocycles. The Morgan fingerprint density at radius 1 is 0.786 bits per heavy atom. The Morgan fingerprint density at radius 3 is 1.14 bits per heavy atom. The molecule has 0 N–H and O–H groups in total. The van der Waals surface area contributed by atoms with Crippen LogP contribution in [-0.2, 0) is 0 Å². The summed E-state index contributed by atoms with van der Waals surface area (Å²) in [7, 11) is 0. The standard InChI is InChI=1S/C10H20.2C2H6/c1-5-10(6-2)7-9(3,4)8-10;2*1-2/h5-8H2,1-4H3;2*1-2H3. The molecule has 14 heavy (non-hydrogen) atoms. The van der Waals surface area contributed by atoms with Crippen molar-refractivity contribution in [1.82, 2.24) is 0 Å². The zero-order valence-electron chi connectivity index (χ0n) is 11.8. The van der Waals surface area contributed by atoms with E-state index < -0.39 is 0 Å². The summed E-state index contributed by atoms with van der Waals surface area (Å²) in [6.45, 7) is 17.4. The van der Waals surface area contributed by atoms with Crippen molar-refractivity contribution in [1.29, 1.82) is 0 Å². The monoisotopic (exact) mass is 200 g/mol. The molecule has 0 aromatic heterocycles. The van der Waals surface area contributed by atoms with Crippen molar-refractivity contribution >= 4 is 0 Å². The normalized spacial score (nSPS) is 20.6. The van der Waals surface area contributed by atoms with Gasteiger partial charge < -0.3 is 0 Å². The topological polar surface area (TPSA) is 0 Å². The van der Waals surface area contributed by atoms with Crippen LogP contribution in [0.5, 0.6) is 0 Å². The fourth-order valence-corrected chi connectivity index (χ4v) is 2.73. The predicted molar refractivity (Wildman–Crippen MR) is 68.7 cm³/mol. The van der Waals surface area contributed by atoms with Crippen molar-refractivity contribution in [2.24, 2.45) is 10.8 Å². The van der Waals surface area contributed by atoms with Crippen molar-refractivity contribution in [3.63, 3.8) is 0 Å². The van der Waals surface area contributed by atoms with Crippen molar-refractivity contribution in [3.05, 3.63) is 0 Å². The maximum absolute atomic E-state index is 2.39. The molecular weight excluding hydrogens is 168 g/mol.